The van der Waals surface area contributed by atoms with Crippen molar-refractivity contribution in [3.8, 4) is 0 Å². The zero-order chi connectivity index (χ0) is 15.4. The van der Waals surface area contributed by atoms with E-state index in [4.69, 9.17) is 9.84 Å². The number of nitro groups is 1. The monoisotopic (exact) mass is 357 g/mol. The molecule has 6 nitrogen and oxygen atoms in total. The summed E-state index contributed by atoms with van der Waals surface area (Å²) in [6, 6.07) is 4.87. The van der Waals surface area contributed by atoms with E-state index in [1.165, 1.54) is 6.07 Å². The molecule has 21 heavy (non-hydrogen) atoms. The number of carboxylic acids is 1. The second-order valence-corrected chi connectivity index (χ2v) is 6.07. The van der Waals surface area contributed by atoms with Crippen molar-refractivity contribution in [1.82, 2.24) is 0 Å². The van der Waals surface area contributed by atoms with Crippen LogP contribution in [-0.2, 0) is 16.1 Å². The fourth-order valence-electron chi connectivity index (χ4n) is 2.51. The van der Waals surface area contributed by atoms with Gasteiger partial charge in [0.1, 0.15) is 0 Å². The van der Waals surface area contributed by atoms with Crippen molar-refractivity contribution in [1.29, 1.82) is 0 Å². The summed E-state index contributed by atoms with van der Waals surface area (Å²) in [6.07, 6.45) is 2.54. The summed E-state index contributed by atoms with van der Waals surface area (Å²) in [4.78, 5) is 21.5. The first-order chi connectivity index (χ1) is 9.97. The van der Waals surface area contributed by atoms with Crippen molar-refractivity contribution in [2.75, 3.05) is 0 Å². The molecular formula is C14H16BrNO5. The minimum Gasteiger partial charge on any atom is -0.481 e. The Morgan fingerprint density at radius 2 is 2.05 bits per heavy atom. The van der Waals surface area contributed by atoms with Gasteiger partial charge in [-0.1, -0.05) is 15.9 Å². The van der Waals surface area contributed by atoms with Crippen LogP contribution < -0.4 is 0 Å². The molecule has 0 radical (unpaired) electrons. The lowest BCUT2D eigenvalue weighted by atomic mass is 9.87. The average molecular weight is 358 g/mol. The van der Waals surface area contributed by atoms with Gasteiger partial charge >= 0.3 is 5.97 Å². The molecule has 7 heteroatoms. The number of benzene rings is 1. The van der Waals surface area contributed by atoms with Crippen molar-refractivity contribution in [3.63, 3.8) is 0 Å². The van der Waals surface area contributed by atoms with Gasteiger partial charge in [-0.15, -0.1) is 0 Å². The highest BCUT2D eigenvalue weighted by molar-refractivity contribution is 9.10. The lowest BCUT2D eigenvalue weighted by molar-refractivity contribution is -0.386. The van der Waals surface area contributed by atoms with Crippen LogP contribution in [0.15, 0.2) is 22.7 Å². The predicted molar refractivity (Wildman–Crippen MR) is 79.0 cm³/mol. The number of hydrogen-bond acceptors (Lipinski definition) is 4. The number of rotatable bonds is 5. The minimum atomic E-state index is -0.753. The van der Waals surface area contributed by atoms with Crippen molar-refractivity contribution >= 4 is 27.6 Å². The molecule has 0 atom stereocenters. The third-order valence-corrected chi connectivity index (χ3v) is 4.24. The molecule has 0 saturated heterocycles. The smallest absolute Gasteiger partial charge is 0.306 e. The highest BCUT2D eigenvalue weighted by Crippen LogP contribution is 2.29. The fraction of sp³-hybridized carbons (Fsp3) is 0.500. The molecule has 1 fully saturated rings. The summed E-state index contributed by atoms with van der Waals surface area (Å²) in [7, 11) is 0. The van der Waals surface area contributed by atoms with Crippen LogP contribution in [0.5, 0.6) is 0 Å². The molecule has 0 aliphatic heterocycles. The van der Waals surface area contributed by atoms with Gasteiger partial charge in [0, 0.05) is 10.5 Å². The van der Waals surface area contributed by atoms with Crippen molar-refractivity contribution in [3.05, 3.63) is 38.3 Å². The summed E-state index contributed by atoms with van der Waals surface area (Å²) in [5, 5.41) is 19.9. The molecule has 1 N–H and O–H groups in total. The van der Waals surface area contributed by atoms with Crippen LogP contribution in [0.3, 0.4) is 0 Å². The van der Waals surface area contributed by atoms with Crippen LogP contribution in [0.1, 0.15) is 31.2 Å². The Balaban J connectivity index is 1.92. The second-order valence-electron chi connectivity index (χ2n) is 5.15. The molecule has 0 bridgehead atoms. The van der Waals surface area contributed by atoms with Gasteiger partial charge in [0.25, 0.3) is 5.69 Å². The first-order valence-corrected chi connectivity index (χ1v) is 7.54. The van der Waals surface area contributed by atoms with Crippen LogP contribution in [0.25, 0.3) is 0 Å². The van der Waals surface area contributed by atoms with E-state index in [0.717, 1.165) is 0 Å². The number of aliphatic carboxylic acids is 1. The Bertz CT molecular complexity index is 540. The normalized spacial score (nSPS) is 22.0. The molecule has 1 aromatic rings. The Morgan fingerprint density at radius 3 is 2.62 bits per heavy atom. The molecule has 0 spiro atoms. The number of halogens is 1. The molecule has 114 valence electrons. The number of nitrogens with zero attached hydrogens (tertiary/aromatic N) is 1. The summed E-state index contributed by atoms with van der Waals surface area (Å²) >= 11 is 3.21. The van der Waals surface area contributed by atoms with E-state index < -0.39 is 10.9 Å². The quantitative estimate of drug-likeness (QED) is 0.643. The highest BCUT2D eigenvalue weighted by Gasteiger charge is 2.26. The van der Waals surface area contributed by atoms with Gasteiger partial charge in [-0.3, -0.25) is 14.9 Å². The number of carbonyl (C=O) groups is 1. The predicted octanol–water partition coefficient (Wildman–Crippen LogP) is 3.52. The summed E-state index contributed by atoms with van der Waals surface area (Å²) < 4.78 is 6.37. The van der Waals surface area contributed by atoms with E-state index in [9.17, 15) is 14.9 Å². The maximum Gasteiger partial charge on any atom is 0.306 e. The molecule has 2 rings (SSSR count). The molecule has 1 saturated carbocycles. The van der Waals surface area contributed by atoms with Crippen LogP contribution in [0.2, 0.25) is 0 Å². The van der Waals surface area contributed by atoms with Gasteiger partial charge in [-0.2, -0.15) is 0 Å². The zero-order valence-corrected chi connectivity index (χ0v) is 12.9. The van der Waals surface area contributed by atoms with Crippen LogP contribution in [-0.4, -0.2) is 22.1 Å². The van der Waals surface area contributed by atoms with E-state index in [0.29, 0.717) is 35.7 Å². The van der Waals surface area contributed by atoms with Crippen LogP contribution >= 0.6 is 15.9 Å². The van der Waals surface area contributed by atoms with Gasteiger partial charge in [-0.25, -0.2) is 0 Å². The van der Waals surface area contributed by atoms with Gasteiger partial charge in [0.15, 0.2) is 0 Å². The maximum atomic E-state index is 11.0. The summed E-state index contributed by atoms with van der Waals surface area (Å²) in [5.74, 6) is -1.04. The first-order valence-electron chi connectivity index (χ1n) is 6.74. The lowest BCUT2D eigenvalue weighted by Gasteiger charge is -2.26. The van der Waals surface area contributed by atoms with E-state index >= 15 is 0 Å². The number of ether oxygens (including phenoxy) is 1. The number of hydrogen-bond donors (Lipinski definition) is 1. The summed E-state index contributed by atoms with van der Waals surface area (Å²) in [6.45, 7) is 0.173. The van der Waals surface area contributed by atoms with Gasteiger partial charge < -0.3 is 9.84 Å². The molecule has 1 aliphatic carbocycles. The van der Waals surface area contributed by atoms with Crippen LogP contribution in [0.4, 0.5) is 5.69 Å². The average Bonchev–Trinajstić information content (AvgIpc) is 2.46. The molecule has 1 aromatic carbocycles. The van der Waals surface area contributed by atoms with Crippen molar-refractivity contribution < 1.29 is 19.6 Å². The van der Waals surface area contributed by atoms with E-state index in [-0.39, 0.29) is 24.3 Å². The SMILES string of the molecule is O=C(O)C1CCC(OCc2ccc(Br)cc2[N+](=O)[O-])CC1. The zero-order valence-electron chi connectivity index (χ0n) is 11.3. The molecule has 0 aromatic heterocycles. The Morgan fingerprint density at radius 1 is 1.38 bits per heavy atom. The Kier molecular flexibility index (Phi) is 5.30. The minimum absolute atomic E-state index is 0.0242. The molecular weight excluding hydrogens is 342 g/mol. The topological polar surface area (TPSA) is 89.7 Å². The molecule has 0 amide bonds. The largest absolute Gasteiger partial charge is 0.481 e. The van der Waals surface area contributed by atoms with Crippen LogP contribution in [0, 0.1) is 16.0 Å². The van der Waals surface area contributed by atoms with E-state index in [2.05, 4.69) is 15.9 Å². The van der Waals surface area contributed by atoms with Gasteiger partial charge in [-0.05, 0) is 37.8 Å². The fourth-order valence-corrected chi connectivity index (χ4v) is 2.86. The first kappa shape index (κ1) is 15.9. The van der Waals surface area contributed by atoms with Gasteiger partial charge in [0.2, 0.25) is 0 Å². The number of nitro benzene ring substituents is 1. The lowest BCUT2D eigenvalue weighted by Crippen LogP contribution is -2.26. The third kappa shape index (κ3) is 4.25. The number of carboxylic acid groups (broad SMARTS) is 1. The standard InChI is InChI=1S/C14H16BrNO5/c15-11-4-1-10(13(7-11)16(19)20)8-21-12-5-2-9(3-6-12)14(17)18/h1,4,7,9,12H,2-3,5-6,8H2,(H,17,18). The maximum absolute atomic E-state index is 11.0. The molecule has 1 aliphatic rings. The van der Waals surface area contributed by atoms with Crippen molar-refractivity contribution in [2.45, 2.75) is 38.4 Å². The Hall–Kier alpha value is -1.47. The van der Waals surface area contributed by atoms with E-state index in [1.807, 2.05) is 0 Å². The second kappa shape index (κ2) is 7.00. The Labute approximate surface area is 130 Å². The molecule has 0 unspecified atom stereocenters. The van der Waals surface area contributed by atoms with E-state index in [1.54, 1.807) is 12.1 Å². The summed E-state index contributed by atoms with van der Waals surface area (Å²) in [5.41, 5.74) is 0.562. The van der Waals surface area contributed by atoms with Crippen molar-refractivity contribution in [2.24, 2.45) is 5.92 Å². The third-order valence-electron chi connectivity index (χ3n) is 3.74. The molecule has 0 heterocycles. The van der Waals surface area contributed by atoms with Gasteiger partial charge in [0.05, 0.1) is 29.1 Å². The highest BCUT2D eigenvalue weighted by atomic mass is 79.9.